The van der Waals surface area contributed by atoms with Gasteiger partial charge in [0.2, 0.25) is 0 Å². The Balaban J connectivity index is 1.85. The first kappa shape index (κ1) is 22.3. The lowest BCUT2D eigenvalue weighted by Crippen LogP contribution is -2.24. The Kier molecular flexibility index (Phi) is 9.62. The highest BCUT2D eigenvalue weighted by Crippen LogP contribution is 2.16. The van der Waals surface area contributed by atoms with Gasteiger partial charge >= 0.3 is 7.69 Å². The first-order valence-corrected chi connectivity index (χ1v) is 10.2. The van der Waals surface area contributed by atoms with Crippen LogP contribution in [0.1, 0.15) is 60.2 Å². The molecule has 0 spiro atoms. The molecule has 2 aromatic rings. The topological polar surface area (TPSA) is 76.7 Å². The standard InChI is InChI=1S/C22H29BN2O4/c1-3-5-13-24-21(26)17-9-7-11-19(15-17)28-23-29-20-12-8-10-18(16-20)22(27)25-14-6-4-2/h7-12,15-16,23H,3-6,13-14H2,1-2H3,(H,24,26)(H,25,27). The molecule has 2 rings (SSSR count). The Morgan fingerprint density at radius 1 is 0.793 bits per heavy atom. The fourth-order valence-electron chi connectivity index (χ4n) is 2.58. The minimum absolute atomic E-state index is 0.0260. The molecule has 0 saturated heterocycles. The van der Waals surface area contributed by atoms with Crippen molar-refractivity contribution in [3.63, 3.8) is 0 Å². The van der Waals surface area contributed by atoms with E-state index in [1.165, 1.54) is 0 Å². The maximum atomic E-state index is 12.1. The van der Waals surface area contributed by atoms with E-state index in [2.05, 4.69) is 24.5 Å². The summed E-state index contributed by atoms with van der Waals surface area (Å²) in [6, 6.07) is 13.9. The SMILES string of the molecule is CCCCNC(=O)c1cccc(OBOc2cccc(C(=O)NCCCC)c2)c1. The van der Waals surface area contributed by atoms with E-state index in [1.54, 1.807) is 48.5 Å². The molecule has 0 bridgehead atoms. The molecule has 154 valence electrons. The van der Waals surface area contributed by atoms with Gasteiger partial charge in [-0.2, -0.15) is 0 Å². The summed E-state index contributed by atoms with van der Waals surface area (Å²) < 4.78 is 11.2. The second-order valence-corrected chi connectivity index (χ2v) is 6.68. The van der Waals surface area contributed by atoms with Gasteiger partial charge in [0, 0.05) is 24.2 Å². The first-order valence-electron chi connectivity index (χ1n) is 10.2. The Hall–Kier alpha value is -2.96. The maximum Gasteiger partial charge on any atom is 0.576 e. The fraction of sp³-hybridized carbons (Fsp3) is 0.364. The van der Waals surface area contributed by atoms with Crippen molar-refractivity contribution < 1.29 is 18.9 Å². The molecular weight excluding hydrogens is 367 g/mol. The van der Waals surface area contributed by atoms with Gasteiger partial charge in [0.15, 0.2) is 0 Å². The molecule has 6 nitrogen and oxygen atoms in total. The number of carbonyl (C=O) groups is 2. The van der Waals surface area contributed by atoms with Gasteiger partial charge in [0.1, 0.15) is 11.5 Å². The molecule has 0 aliphatic carbocycles. The van der Waals surface area contributed by atoms with Crippen molar-refractivity contribution in [2.24, 2.45) is 0 Å². The summed E-state index contributed by atoms with van der Waals surface area (Å²) in [6.07, 6.45) is 3.96. The molecule has 2 aromatic carbocycles. The lowest BCUT2D eigenvalue weighted by Gasteiger charge is -2.10. The third-order valence-electron chi connectivity index (χ3n) is 4.28. The zero-order valence-electron chi connectivity index (χ0n) is 17.2. The van der Waals surface area contributed by atoms with Gasteiger partial charge in [0.05, 0.1) is 0 Å². The van der Waals surface area contributed by atoms with Crippen LogP contribution in [0.3, 0.4) is 0 Å². The predicted octanol–water partition coefficient (Wildman–Crippen LogP) is 3.47. The molecule has 0 saturated carbocycles. The number of hydrogen-bond donors (Lipinski definition) is 2. The highest BCUT2D eigenvalue weighted by molar-refractivity contribution is 6.20. The van der Waals surface area contributed by atoms with Crippen LogP contribution in [0.4, 0.5) is 0 Å². The number of rotatable bonds is 12. The van der Waals surface area contributed by atoms with Crippen LogP contribution >= 0.6 is 0 Å². The van der Waals surface area contributed by atoms with E-state index in [4.69, 9.17) is 9.31 Å². The molecule has 0 aliphatic heterocycles. The number of carbonyl (C=O) groups excluding carboxylic acids is 2. The molecule has 29 heavy (non-hydrogen) atoms. The molecule has 0 heterocycles. The van der Waals surface area contributed by atoms with Gasteiger partial charge < -0.3 is 19.9 Å². The van der Waals surface area contributed by atoms with Crippen LogP contribution in [0.2, 0.25) is 0 Å². The van der Waals surface area contributed by atoms with Crippen molar-refractivity contribution in [3.05, 3.63) is 59.7 Å². The Morgan fingerprint density at radius 3 is 1.66 bits per heavy atom. The van der Waals surface area contributed by atoms with Gasteiger partial charge in [0.25, 0.3) is 11.8 Å². The summed E-state index contributed by atoms with van der Waals surface area (Å²) in [4.78, 5) is 24.3. The van der Waals surface area contributed by atoms with Crippen LogP contribution in [-0.2, 0) is 0 Å². The number of nitrogens with one attached hydrogen (secondary N) is 2. The summed E-state index contributed by atoms with van der Waals surface area (Å²) >= 11 is 0. The van der Waals surface area contributed by atoms with E-state index in [9.17, 15) is 9.59 Å². The first-order chi connectivity index (χ1) is 14.1. The van der Waals surface area contributed by atoms with Gasteiger partial charge in [-0.3, -0.25) is 9.59 Å². The Morgan fingerprint density at radius 2 is 1.24 bits per heavy atom. The Bertz CT molecular complexity index is 732. The third-order valence-corrected chi connectivity index (χ3v) is 4.28. The molecule has 7 heteroatoms. The normalized spacial score (nSPS) is 10.1. The highest BCUT2D eigenvalue weighted by atomic mass is 16.6. The highest BCUT2D eigenvalue weighted by Gasteiger charge is 2.09. The molecule has 2 amide bonds. The Labute approximate surface area is 173 Å². The van der Waals surface area contributed by atoms with E-state index in [0.29, 0.717) is 35.7 Å². The minimum Gasteiger partial charge on any atom is -0.529 e. The molecule has 2 N–H and O–H groups in total. The number of benzene rings is 2. The van der Waals surface area contributed by atoms with E-state index in [1.807, 2.05) is 0 Å². The second kappa shape index (κ2) is 12.5. The molecule has 0 atom stereocenters. The average Bonchev–Trinajstić information content (AvgIpc) is 2.74. The summed E-state index contributed by atoms with van der Waals surface area (Å²) in [7, 11) is -0.0260. The molecule has 0 aromatic heterocycles. The summed E-state index contributed by atoms with van der Waals surface area (Å²) in [6.45, 7) is 5.47. The van der Waals surface area contributed by atoms with Crippen molar-refractivity contribution in [1.82, 2.24) is 10.6 Å². The largest absolute Gasteiger partial charge is 0.576 e. The zero-order valence-corrected chi connectivity index (χ0v) is 17.2. The van der Waals surface area contributed by atoms with Crippen LogP contribution in [-0.4, -0.2) is 32.6 Å². The van der Waals surface area contributed by atoms with Crippen LogP contribution in [0.5, 0.6) is 11.5 Å². The van der Waals surface area contributed by atoms with Crippen LogP contribution in [0.15, 0.2) is 48.5 Å². The monoisotopic (exact) mass is 396 g/mol. The smallest absolute Gasteiger partial charge is 0.529 e. The second-order valence-electron chi connectivity index (χ2n) is 6.68. The molecular formula is C22H29BN2O4. The quantitative estimate of drug-likeness (QED) is 0.426. The van der Waals surface area contributed by atoms with Crippen molar-refractivity contribution >= 4 is 19.5 Å². The van der Waals surface area contributed by atoms with Gasteiger partial charge in [-0.15, -0.1) is 0 Å². The van der Waals surface area contributed by atoms with E-state index >= 15 is 0 Å². The zero-order chi connectivity index (χ0) is 20.9. The molecule has 0 fully saturated rings. The fourth-order valence-corrected chi connectivity index (χ4v) is 2.58. The van der Waals surface area contributed by atoms with Crippen LogP contribution in [0.25, 0.3) is 0 Å². The van der Waals surface area contributed by atoms with Crippen LogP contribution < -0.4 is 19.9 Å². The van der Waals surface area contributed by atoms with E-state index < -0.39 is 0 Å². The third kappa shape index (κ3) is 7.89. The molecule has 0 unspecified atom stereocenters. The van der Waals surface area contributed by atoms with E-state index in [0.717, 1.165) is 25.7 Å². The van der Waals surface area contributed by atoms with Crippen molar-refractivity contribution in [2.45, 2.75) is 39.5 Å². The minimum atomic E-state index is -0.119. The van der Waals surface area contributed by atoms with Crippen molar-refractivity contribution in [2.75, 3.05) is 13.1 Å². The predicted molar refractivity (Wildman–Crippen MR) is 116 cm³/mol. The van der Waals surface area contributed by atoms with Crippen LogP contribution in [0, 0.1) is 0 Å². The van der Waals surface area contributed by atoms with E-state index in [-0.39, 0.29) is 19.5 Å². The van der Waals surface area contributed by atoms with Crippen molar-refractivity contribution in [1.29, 1.82) is 0 Å². The lowest BCUT2D eigenvalue weighted by molar-refractivity contribution is 0.0945. The summed E-state index contributed by atoms with van der Waals surface area (Å²) in [5, 5.41) is 5.76. The van der Waals surface area contributed by atoms with Crippen molar-refractivity contribution in [3.8, 4) is 11.5 Å². The lowest BCUT2D eigenvalue weighted by atomic mass is 10.2. The van der Waals surface area contributed by atoms with Gasteiger partial charge in [-0.05, 0) is 49.2 Å². The number of unbranched alkanes of at least 4 members (excludes halogenated alkanes) is 2. The maximum absolute atomic E-state index is 12.1. The molecule has 0 aliphatic rings. The number of hydrogen-bond acceptors (Lipinski definition) is 4. The molecule has 0 radical (unpaired) electrons. The van der Waals surface area contributed by atoms with Gasteiger partial charge in [-0.25, -0.2) is 0 Å². The average molecular weight is 396 g/mol. The van der Waals surface area contributed by atoms with Gasteiger partial charge in [-0.1, -0.05) is 38.8 Å². The summed E-state index contributed by atoms with van der Waals surface area (Å²) in [5.74, 6) is 0.849. The summed E-state index contributed by atoms with van der Waals surface area (Å²) in [5.41, 5.74) is 1.09. The number of amides is 2.